The highest BCUT2D eigenvalue weighted by Gasteiger charge is 2.16. The number of thiocarbonyl (C=S) groups is 1. The van der Waals surface area contributed by atoms with E-state index in [-0.39, 0.29) is 11.0 Å². The Morgan fingerprint density at radius 3 is 2.52 bits per heavy atom. The van der Waals surface area contributed by atoms with Crippen LogP contribution in [-0.4, -0.2) is 29.2 Å². The van der Waals surface area contributed by atoms with Gasteiger partial charge in [-0.3, -0.25) is 10.1 Å². The van der Waals surface area contributed by atoms with Crippen molar-refractivity contribution in [2.24, 2.45) is 0 Å². The number of carbonyl (C=O) groups is 1. The van der Waals surface area contributed by atoms with Gasteiger partial charge in [-0.05, 0) is 66.8 Å². The number of hydrogen-bond acceptors (Lipinski definition) is 6. The summed E-state index contributed by atoms with van der Waals surface area (Å²) in [5, 5.41) is 5.86. The van der Waals surface area contributed by atoms with Gasteiger partial charge in [-0.25, -0.2) is 4.98 Å². The number of oxazole rings is 1. The van der Waals surface area contributed by atoms with Crippen LogP contribution in [0.25, 0.3) is 22.6 Å². The molecule has 0 spiro atoms. The lowest BCUT2D eigenvalue weighted by molar-refractivity contribution is 0.0976. The second-order valence-corrected chi connectivity index (χ2v) is 7.24. The Labute approximate surface area is 183 Å². The van der Waals surface area contributed by atoms with Gasteiger partial charge in [0.1, 0.15) is 18.7 Å². The second-order valence-electron chi connectivity index (χ2n) is 6.83. The number of nitrogens with zero attached hydrogens (tertiary/aromatic N) is 1. The molecule has 4 aromatic rings. The van der Waals surface area contributed by atoms with Crippen LogP contribution >= 0.6 is 12.2 Å². The molecule has 0 unspecified atom stereocenters. The summed E-state index contributed by atoms with van der Waals surface area (Å²) in [6.07, 6.45) is 0. The fraction of sp³-hybridized carbons (Fsp3) is 0.0870. The zero-order valence-electron chi connectivity index (χ0n) is 16.3. The highest BCUT2D eigenvalue weighted by Crippen LogP contribution is 2.30. The molecule has 3 aromatic carbocycles. The maximum absolute atomic E-state index is 12.5. The van der Waals surface area contributed by atoms with E-state index in [1.54, 1.807) is 18.2 Å². The molecule has 2 heterocycles. The predicted molar refractivity (Wildman–Crippen MR) is 121 cm³/mol. The van der Waals surface area contributed by atoms with Gasteiger partial charge in [0.2, 0.25) is 5.89 Å². The summed E-state index contributed by atoms with van der Waals surface area (Å²) >= 11 is 5.27. The van der Waals surface area contributed by atoms with Gasteiger partial charge in [0.05, 0.1) is 0 Å². The first-order valence-corrected chi connectivity index (χ1v) is 10.0. The van der Waals surface area contributed by atoms with Gasteiger partial charge < -0.3 is 19.2 Å². The number of para-hydroxylation sites is 2. The van der Waals surface area contributed by atoms with E-state index < -0.39 is 0 Å². The van der Waals surface area contributed by atoms with Crippen LogP contribution in [0.5, 0.6) is 11.5 Å². The fourth-order valence-electron chi connectivity index (χ4n) is 3.21. The maximum atomic E-state index is 12.5. The molecule has 31 heavy (non-hydrogen) atoms. The normalized spacial score (nSPS) is 12.4. The van der Waals surface area contributed by atoms with Crippen molar-refractivity contribution in [2.45, 2.75) is 0 Å². The van der Waals surface area contributed by atoms with Crippen molar-refractivity contribution < 1.29 is 18.7 Å². The number of benzene rings is 3. The van der Waals surface area contributed by atoms with Crippen LogP contribution < -0.4 is 20.1 Å². The van der Waals surface area contributed by atoms with Gasteiger partial charge in [-0.15, -0.1) is 0 Å². The molecule has 1 amide bonds. The topological polar surface area (TPSA) is 85.6 Å². The first-order valence-electron chi connectivity index (χ1n) is 9.64. The number of rotatable bonds is 3. The van der Waals surface area contributed by atoms with E-state index in [1.165, 1.54) is 0 Å². The standard InChI is InChI=1S/C23H17N3O4S/c27-21(15-7-10-19-20(13-15)29-12-11-28-19)26-23(31)24-16-8-5-14(6-9-16)22-25-17-3-1-2-4-18(17)30-22/h1-10,13H,11-12H2,(H2,24,26,27,31). The van der Waals surface area contributed by atoms with Gasteiger partial charge in [0, 0.05) is 16.8 Å². The van der Waals surface area contributed by atoms with Gasteiger partial charge in [-0.2, -0.15) is 0 Å². The van der Waals surface area contributed by atoms with Crippen molar-refractivity contribution in [3.63, 3.8) is 0 Å². The van der Waals surface area contributed by atoms with E-state index >= 15 is 0 Å². The van der Waals surface area contributed by atoms with Crippen molar-refractivity contribution in [2.75, 3.05) is 18.5 Å². The Morgan fingerprint density at radius 2 is 1.71 bits per heavy atom. The summed E-state index contributed by atoms with van der Waals surface area (Å²) < 4.78 is 16.8. The Hall–Kier alpha value is -3.91. The van der Waals surface area contributed by atoms with Gasteiger partial charge in [0.15, 0.2) is 22.2 Å². The van der Waals surface area contributed by atoms with Crippen LogP contribution in [0, 0.1) is 0 Å². The molecule has 1 aliphatic heterocycles. The van der Waals surface area contributed by atoms with Crippen LogP contribution in [0.3, 0.4) is 0 Å². The molecule has 5 rings (SSSR count). The van der Waals surface area contributed by atoms with E-state index in [0.717, 1.165) is 22.4 Å². The molecule has 0 fully saturated rings. The average molecular weight is 431 g/mol. The fourth-order valence-corrected chi connectivity index (χ4v) is 3.42. The summed E-state index contributed by atoms with van der Waals surface area (Å²) in [7, 11) is 0. The van der Waals surface area contributed by atoms with Crippen molar-refractivity contribution in [1.29, 1.82) is 0 Å². The summed E-state index contributed by atoms with van der Waals surface area (Å²) in [5.41, 5.74) is 3.55. The monoisotopic (exact) mass is 431 g/mol. The Kier molecular flexibility index (Phi) is 4.97. The van der Waals surface area contributed by atoms with Crippen molar-refractivity contribution >= 4 is 40.0 Å². The summed E-state index contributed by atoms with van der Waals surface area (Å²) in [4.78, 5) is 17.0. The lowest BCUT2D eigenvalue weighted by Gasteiger charge is -2.18. The maximum Gasteiger partial charge on any atom is 0.257 e. The smallest absolute Gasteiger partial charge is 0.257 e. The Morgan fingerprint density at radius 1 is 0.935 bits per heavy atom. The van der Waals surface area contributed by atoms with E-state index in [0.29, 0.717) is 36.2 Å². The summed E-state index contributed by atoms with van der Waals surface area (Å²) in [5.74, 6) is 1.38. The minimum atomic E-state index is -0.336. The number of amides is 1. The zero-order chi connectivity index (χ0) is 21.2. The second kappa shape index (κ2) is 8.08. The van der Waals surface area contributed by atoms with Gasteiger partial charge in [0.25, 0.3) is 5.91 Å². The van der Waals surface area contributed by atoms with E-state index in [1.807, 2.05) is 48.5 Å². The molecule has 1 aliphatic rings. The molecule has 1 aromatic heterocycles. The zero-order valence-corrected chi connectivity index (χ0v) is 17.1. The van der Waals surface area contributed by atoms with Crippen molar-refractivity contribution in [3.8, 4) is 23.0 Å². The first kappa shape index (κ1) is 19.1. The summed E-state index contributed by atoms with van der Waals surface area (Å²) in [6, 6.07) is 20.1. The summed E-state index contributed by atoms with van der Waals surface area (Å²) in [6.45, 7) is 0.954. The molecule has 0 saturated carbocycles. The molecule has 2 N–H and O–H groups in total. The van der Waals surface area contributed by atoms with Gasteiger partial charge in [-0.1, -0.05) is 12.1 Å². The third-order valence-electron chi connectivity index (χ3n) is 4.72. The Bertz CT molecular complexity index is 1250. The van der Waals surface area contributed by atoms with E-state index in [4.69, 9.17) is 26.1 Å². The number of aromatic nitrogens is 1. The molecule has 0 saturated heterocycles. The minimum absolute atomic E-state index is 0.189. The first-order chi connectivity index (χ1) is 15.2. The molecular formula is C23H17N3O4S. The highest BCUT2D eigenvalue weighted by atomic mass is 32.1. The highest BCUT2D eigenvalue weighted by molar-refractivity contribution is 7.80. The number of ether oxygens (including phenoxy) is 2. The van der Waals surface area contributed by atoms with Crippen LogP contribution in [0.15, 0.2) is 71.1 Å². The number of nitrogens with one attached hydrogen (secondary N) is 2. The number of hydrogen-bond donors (Lipinski definition) is 2. The van der Waals surface area contributed by atoms with E-state index in [9.17, 15) is 4.79 Å². The molecule has 0 bridgehead atoms. The molecular weight excluding hydrogens is 414 g/mol. The predicted octanol–water partition coefficient (Wildman–Crippen LogP) is 4.39. The Balaban J connectivity index is 1.23. The van der Waals surface area contributed by atoms with E-state index in [2.05, 4.69) is 15.6 Å². The van der Waals surface area contributed by atoms with Crippen molar-refractivity contribution in [1.82, 2.24) is 10.3 Å². The lowest BCUT2D eigenvalue weighted by atomic mass is 10.2. The van der Waals surface area contributed by atoms with Crippen LogP contribution in [0.2, 0.25) is 0 Å². The molecule has 7 nitrogen and oxygen atoms in total. The third-order valence-corrected chi connectivity index (χ3v) is 4.92. The van der Waals surface area contributed by atoms with Crippen molar-refractivity contribution in [3.05, 3.63) is 72.3 Å². The number of fused-ring (bicyclic) bond motifs is 2. The average Bonchev–Trinajstić information content (AvgIpc) is 3.23. The number of carbonyl (C=O) groups excluding carboxylic acids is 1. The number of anilines is 1. The molecule has 0 radical (unpaired) electrons. The van der Waals surface area contributed by atoms with Crippen LogP contribution in [-0.2, 0) is 0 Å². The SMILES string of the molecule is O=C(NC(=S)Nc1ccc(-c2nc3ccccc3o2)cc1)c1ccc2c(c1)OCCO2. The lowest BCUT2D eigenvalue weighted by Crippen LogP contribution is -2.34. The molecule has 0 aliphatic carbocycles. The molecule has 0 atom stereocenters. The van der Waals surface area contributed by atoms with Gasteiger partial charge >= 0.3 is 0 Å². The van der Waals surface area contributed by atoms with Crippen LogP contribution in [0.1, 0.15) is 10.4 Å². The minimum Gasteiger partial charge on any atom is -0.486 e. The quantitative estimate of drug-likeness (QED) is 0.465. The van der Waals surface area contributed by atoms with Crippen LogP contribution in [0.4, 0.5) is 5.69 Å². The molecule has 8 heteroatoms. The molecule has 154 valence electrons. The largest absolute Gasteiger partial charge is 0.486 e. The third kappa shape index (κ3) is 4.06.